The van der Waals surface area contributed by atoms with Crippen molar-refractivity contribution >= 4 is 34.7 Å². The van der Waals surface area contributed by atoms with E-state index < -0.39 is 17.4 Å². The van der Waals surface area contributed by atoms with E-state index in [0.29, 0.717) is 13.0 Å². The van der Waals surface area contributed by atoms with E-state index in [2.05, 4.69) is 5.32 Å². The van der Waals surface area contributed by atoms with E-state index in [0.717, 1.165) is 40.7 Å². The topological polar surface area (TPSA) is 84.2 Å². The number of hydrogen-bond acceptors (Lipinski definition) is 4. The van der Waals surface area contributed by atoms with Crippen molar-refractivity contribution in [3.05, 3.63) is 24.3 Å². The molecule has 0 bridgehead atoms. The van der Waals surface area contributed by atoms with Crippen molar-refractivity contribution in [1.29, 1.82) is 0 Å². The number of amides is 1. The molecule has 1 atom stereocenters. The van der Waals surface area contributed by atoms with Gasteiger partial charge in [-0.05, 0) is 36.3 Å². The smallest absolute Gasteiger partial charge is 0.327 e. The van der Waals surface area contributed by atoms with Gasteiger partial charge in [0.05, 0.1) is 11.0 Å². The third-order valence-corrected chi connectivity index (χ3v) is 7.04. The van der Waals surface area contributed by atoms with Gasteiger partial charge >= 0.3 is 5.97 Å². The Bertz CT molecular complexity index is 897. The minimum absolute atomic E-state index is 0.141. The summed E-state index contributed by atoms with van der Waals surface area (Å²) in [5.41, 5.74) is 1.19. The Kier molecular flexibility index (Phi) is 8.03. The van der Waals surface area contributed by atoms with Gasteiger partial charge in [0.1, 0.15) is 6.04 Å². The molecule has 1 fully saturated rings. The Morgan fingerprint density at radius 2 is 1.97 bits per heavy atom. The fourth-order valence-corrected chi connectivity index (χ4v) is 5.40. The summed E-state index contributed by atoms with van der Waals surface area (Å²) in [6.45, 7) is 6.46. The summed E-state index contributed by atoms with van der Waals surface area (Å²) < 4.78 is 1.86. The Labute approximate surface area is 189 Å². The number of aromatic nitrogens is 2. The monoisotopic (exact) mass is 445 g/mol. The van der Waals surface area contributed by atoms with Gasteiger partial charge in [-0.25, -0.2) is 9.78 Å². The van der Waals surface area contributed by atoms with Gasteiger partial charge in [0.25, 0.3) is 0 Å². The van der Waals surface area contributed by atoms with Gasteiger partial charge in [0.2, 0.25) is 5.91 Å². The van der Waals surface area contributed by atoms with E-state index in [1.807, 2.05) is 49.6 Å². The minimum atomic E-state index is -0.855. The standard InChI is InChI=1S/C24H35N3O3S/c1-24(2,3)21(22(29)30)27-19-12-7-6-11-18(19)26-23(27)31-16-8-15-25-20(28)14-13-17-9-4-5-10-17/h6-7,11-12,17,21H,4-5,8-10,13-16H2,1-3H3,(H,25,28)(H,29,30). The number of para-hydroxylation sites is 2. The average molecular weight is 446 g/mol. The van der Waals surface area contributed by atoms with Crippen LogP contribution < -0.4 is 5.32 Å². The molecule has 1 heterocycles. The zero-order chi connectivity index (χ0) is 22.4. The van der Waals surface area contributed by atoms with Gasteiger partial charge < -0.3 is 15.0 Å². The number of carbonyl (C=O) groups excluding carboxylic acids is 1. The second-order valence-corrected chi connectivity index (χ2v) is 10.7. The van der Waals surface area contributed by atoms with Crippen LogP contribution in [0.15, 0.2) is 29.4 Å². The molecule has 1 aromatic carbocycles. The lowest BCUT2D eigenvalue weighted by atomic mass is 9.86. The van der Waals surface area contributed by atoms with Crippen molar-refractivity contribution in [3.8, 4) is 0 Å². The van der Waals surface area contributed by atoms with E-state index in [-0.39, 0.29) is 5.91 Å². The number of carbonyl (C=O) groups is 2. The van der Waals surface area contributed by atoms with E-state index >= 15 is 0 Å². The predicted octanol–water partition coefficient (Wildman–Crippen LogP) is 5.28. The highest BCUT2D eigenvalue weighted by molar-refractivity contribution is 7.99. The van der Waals surface area contributed by atoms with Crippen molar-refractivity contribution in [3.63, 3.8) is 0 Å². The largest absolute Gasteiger partial charge is 0.480 e. The summed E-state index contributed by atoms with van der Waals surface area (Å²) in [5.74, 6) is 0.789. The van der Waals surface area contributed by atoms with E-state index in [9.17, 15) is 14.7 Å². The van der Waals surface area contributed by atoms with E-state index in [1.165, 1.54) is 25.7 Å². The number of carboxylic acids is 1. The number of benzene rings is 1. The molecule has 1 unspecified atom stereocenters. The molecule has 170 valence electrons. The number of aliphatic carboxylic acids is 1. The van der Waals surface area contributed by atoms with Gasteiger partial charge in [-0.3, -0.25) is 4.79 Å². The third kappa shape index (κ3) is 6.25. The van der Waals surface area contributed by atoms with Crippen molar-refractivity contribution in [2.24, 2.45) is 11.3 Å². The quantitative estimate of drug-likeness (QED) is 0.384. The molecule has 6 nitrogen and oxygen atoms in total. The summed E-state index contributed by atoms with van der Waals surface area (Å²) in [6.07, 6.45) is 7.62. The molecule has 1 aromatic heterocycles. The fraction of sp³-hybridized carbons (Fsp3) is 0.625. The van der Waals surface area contributed by atoms with Crippen LogP contribution in [0.4, 0.5) is 0 Å². The van der Waals surface area contributed by atoms with Gasteiger partial charge in [-0.1, -0.05) is 70.3 Å². The lowest BCUT2D eigenvalue weighted by Crippen LogP contribution is -2.32. The molecule has 0 spiro atoms. The van der Waals surface area contributed by atoms with Crippen LogP contribution in [0, 0.1) is 11.3 Å². The molecule has 0 radical (unpaired) electrons. The summed E-state index contributed by atoms with van der Waals surface area (Å²) in [5, 5.41) is 13.7. The molecule has 0 aliphatic heterocycles. The first-order valence-corrected chi connectivity index (χ1v) is 12.3. The van der Waals surface area contributed by atoms with Crippen LogP contribution in [0.3, 0.4) is 0 Å². The molecule has 7 heteroatoms. The van der Waals surface area contributed by atoms with Crippen molar-refractivity contribution in [2.45, 2.75) is 76.9 Å². The molecule has 1 amide bonds. The molecule has 2 aromatic rings. The number of rotatable bonds is 10. The van der Waals surface area contributed by atoms with Crippen LogP contribution in [0.2, 0.25) is 0 Å². The highest BCUT2D eigenvalue weighted by atomic mass is 32.2. The lowest BCUT2D eigenvalue weighted by Gasteiger charge is -2.29. The first kappa shape index (κ1) is 23.6. The molecule has 2 N–H and O–H groups in total. The van der Waals surface area contributed by atoms with Crippen molar-refractivity contribution < 1.29 is 14.7 Å². The number of thioether (sulfide) groups is 1. The first-order chi connectivity index (χ1) is 14.8. The van der Waals surface area contributed by atoms with Gasteiger partial charge in [-0.2, -0.15) is 0 Å². The normalized spacial score (nSPS) is 16.0. The maximum Gasteiger partial charge on any atom is 0.327 e. The third-order valence-electron chi connectivity index (χ3n) is 6.00. The lowest BCUT2D eigenvalue weighted by molar-refractivity contribution is -0.144. The first-order valence-electron chi connectivity index (χ1n) is 11.4. The van der Waals surface area contributed by atoms with Crippen LogP contribution in [0.5, 0.6) is 0 Å². The number of nitrogens with one attached hydrogen (secondary N) is 1. The number of hydrogen-bond donors (Lipinski definition) is 2. The van der Waals surface area contributed by atoms with E-state index in [1.54, 1.807) is 11.8 Å². The highest BCUT2D eigenvalue weighted by Gasteiger charge is 2.35. The van der Waals surface area contributed by atoms with Gasteiger partial charge in [-0.15, -0.1) is 0 Å². The maximum atomic E-state index is 12.1. The van der Waals surface area contributed by atoms with Crippen molar-refractivity contribution in [1.82, 2.24) is 14.9 Å². The number of nitrogens with zero attached hydrogens (tertiary/aromatic N) is 2. The maximum absolute atomic E-state index is 12.1. The summed E-state index contributed by atoms with van der Waals surface area (Å²) in [6, 6.07) is 6.97. The molecule has 0 saturated heterocycles. The molecule has 31 heavy (non-hydrogen) atoms. The SMILES string of the molecule is CC(C)(C)C(C(=O)O)n1c(SCCCNC(=O)CCC2CCCC2)nc2ccccc21. The molecule has 1 aliphatic carbocycles. The fourth-order valence-electron chi connectivity index (χ4n) is 4.43. The highest BCUT2D eigenvalue weighted by Crippen LogP contribution is 2.37. The van der Waals surface area contributed by atoms with Crippen LogP contribution >= 0.6 is 11.8 Å². The van der Waals surface area contributed by atoms with Crippen LogP contribution in [-0.4, -0.2) is 38.8 Å². The molecular weight excluding hydrogens is 410 g/mol. The number of imidazole rings is 1. The zero-order valence-corrected chi connectivity index (χ0v) is 19.7. The number of fused-ring (bicyclic) bond motifs is 1. The molecule has 1 aliphatic rings. The Balaban J connectivity index is 1.57. The van der Waals surface area contributed by atoms with Gasteiger partial charge in [0, 0.05) is 18.7 Å². The Morgan fingerprint density at radius 1 is 1.26 bits per heavy atom. The minimum Gasteiger partial charge on any atom is -0.480 e. The van der Waals surface area contributed by atoms with Gasteiger partial charge in [0.15, 0.2) is 5.16 Å². The Hall–Kier alpha value is -2.02. The summed E-state index contributed by atoms with van der Waals surface area (Å²) >= 11 is 1.56. The van der Waals surface area contributed by atoms with Crippen LogP contribution in [0.25, 0.3) is 11.0 Å². The van der Waals surface area contributed by atoms with Crippen LogP contribution in [-0.2, 0) is 9.59 Å². The van der Waals surface area contributed by atoms with E-state index in [4.69, 9.17) is 4.98 Å². The molecule has 3 rings (SSSR count). The molecular formula is C24H35N3O3S. The zero-order valence-electron chi connectivity index (χ0n) is 18.9. The Morgan fingerprint density at radius 3 is 2.65 bits per heavy atom. The second-order valence-electron chi connectivity index (χ2n) is 9.60. The summed E-state index contributed by atoms with van der Waals surface area (Å²) in [7, 11) is 0. The summed E-state index contributed by atoms with van der Waals surface area (Å²) in [4.78, 5) is 28.9. The second kappa shape index (κ2) is 10.5. The molecule has 1 saturated carbocycles. The predicted molar refractivity (Wildman–Crippen MR) is 125 cm³/mol. The number of carboxylic acid groups (broad SMARTS) is 1. The average Bonchev–Trinajstić information content (AvgIpc) is 3.33. The van der Waals surface area contributed by atoms with Crippen molar-refractivity contribution in [2.75, 3.05) is 12.3 Å². The van der Waals surface area contributed by atoms with Crippen LogP contribution in [0.1, 0.15) is 71.8 Å².